The highest BCUT2D eigenvalue weighted by Gasteiger charge is 2.31. The average Bonchev–Trinajstić information content (AvgIpc) is 2.92. The summed E-state index contributed by atoms with van der Waals surface area (Å²) in [5.74, 6) is 1.26. The van der Waals surface area contributed by atoms with Crippen LogP contribution in [0.2, 0.25) is 0 Å². The quantitative estimate of drug-likeness (QED) is 0.225. The Kier molecular flexibility index (Phi) is 13.2. The summed E-state index contributed by atoms with van der Waals surface area (Å²) in [6, 6.07) is 0.888. The van der Waals surface area contributed by atoms with E-state index in [2.05, 4.69) is 41.3 Å². The van der Waals surface area contributed by atoms with Gasteiger partial charge in [-0.1, -0.05) is 6.92 Å². The Labute approximate surface area is 176 Å². The van der Waals surface area contributed by atoms with E-state index in [1.165, 1.54) is 0 Å². The molecule has 1 amide bonds. The summed E-state index contributed by atoms with van der Waals surface area (Å²) in [4.78, 5) is 20.4. The van der Waals surface area contributed by atoms with E-state index in [4.69, 9.17) is 4.74 Å². The van der Waals surface area contributed by atoms with Crippen molar-refractivity contribution in [2.45, 2.75) is 46.2 Å². The van der Waals surface area contributed by atoms with Gasteiger partial charge in [-0.05, 0) is 33.1 Å². The van der Waals surface area contributed by atoms with Gasteiger partial charge in [-0.25, -0.2) is 4.99 Å². The van der Waals surface area contributed by atoms with Crippen molar-refractivity contribution in [3.8, 4) is 0 Å². The van der Waals surface area contributed by atoms with Crippen LogP contribution in [-0.4, -0.2) is 87.2 Å². The van der Waals surface area contributed by atoms with E-state index >= 15 is 0 Å². The highest BCUT2D eigenvalue weighted by Crippen LogP contribution is 2.18. The van der Waals surface area contributed by atoms with E-state index in [9.17, 15) is 4.79 Å². The second kappa shape index (κ2) is 13.5. The van der Waals surface area contributed by atoms with E-state index in [0.29, 0.717) is 24.0 Å². The molecule has 0 aromatic carbocycles. The third-order valence-electron chi connectivity index (χ3n) is 4.53. The Morgan fingerprint density at radius 3 is 2.58 bits per heavy atom. The Morgan fingerprint density at radius 2 is 2.04 bits per heavy atom. The van der Waals surface area contributed by atoms with Crippen LogP contribution in [0.4, 0.5) is 0 Å². The van der Waals surface area contributed by atoms with Crippen molar-refractivity contribution in [3.63, 3.8) is 0 Å². The fraction of sp³-hybridized carbons (Fsp3) is 0.889. The Hall–Kier alpha value is -0.610. The van der Waals surface area contributed by atoms with Crippen molar-refractivity contribution < 1.29 is 9.53 Å². The van der Waals surface area contributed by atoms with Crippen LogP contribution in [0.5, 0.6) is 0 Å². The molecule has 0 aliphatic carbocycles. The van der Waals surface area contributed by atoms with Gasteiger partial charge in [0.05, 0.1) is 0 Å². The minimum Gasteiger partial charge on any atom is -0.382 e. The topological polar surface area (TPSA) is 69.2 Å². The molecule has 0 aromatic heterocycles. The number of ether oxygens (including phenoxy) is 1. The fourth-order valence-corrected chi connectivity index (χ4v) is 2.76. The van der Waals surface area contributed by atoms with Gasteiger partial charge in [0, 0.05) is 59.0 Å². The number of amides is 1. The number of likely N-dealkylation sites (tertiary alicyclic amines) is 1. The molecule has 2 unspecified atom stereocenters. The number of carbonyl (C=O) groups excluding carboxylic acids is 1. The summed E-state index contributed by atoms with van der Waals surface area (Å²) in [5, 5.41) is 6.86. The molecule has 1 heterocycles. The van der Waals surface area contributed by atoms with E-state index in [-0.39, 0.29) is 36.4 Å². The maximum absolute atomic E-state index is 11.8. The molecule has 1 aliphatic rings. The van der Waals surface area contributed by atoms with Crippen LogP contribution in [-0.2, 0) is 9.53 Å². The predicted molar refractivity (Wildman–Crippen MR) is 118 cm³/mol. The van der Waals surface area contributed by atoms with E-state index in [1.54, 1.807) is 19.0 Å². The lowest BCUT2D eigenvalue weighted by molar-refractivity contribution is -0.127. The number of likely N-dealkylation sites (N-methyl/N-ethyl adjacent to an activating group) is 1. The molecular formula is C18H38IN5O2. The molecule has 26 heavy (non-hydrogen) atoms. The van der Waals surface area contributed by atoms with Gasteiger partial charge in [-0.3, -0.25) is 9.69 Å². The molecule has 0 bridgehead atoms. The number of rotatable bonds is 9. The standard InChI is InChI=1S/C18H37N5O2.HI/c1-7-25-10-8-9-19-18(20-11-17(24)22(5)6)21-16-13-23(14(2)3)12-15(16)4;/h14-16H,7-13H2,1-6H3,(H2,19,20,21);1H. The number of nitrogens with one attached hydrogen (secondary N) is 2. The number of carbonyl (C=O) groups is 1. The van der Waals surface area contributed by atoms with Crippen molar-refractivity contribution in [2.24, 2.45) is 10.9 Å². The summed E-state index contributed by atoms with van der Waals surface area (Å²) in [5.41, 5.74) is 0. The first-order chi connectivity index (χ1) is 11.8. The minimum absolute atomic E-state index is 0. The van der Waals surface area contributed by atoms with Gasteiger partial charge in [-0.15, -0.1) is 24.0 Å². The molecule has 8 heteroatoms. The second-order valence-corrected chi connectivity index (χ2v) is 7.21. The number of hydrogen-bond acceptors (Lipinski definition) is 4. The van der Waals surface area contributed by atoms with Gasteiger partial charge in [0.15, 0.2) is 5.96 Å². The van der Waals surface area contributed by atoms with Gasteiger partial charge >= 0.3 is 0 Å². The number of aliphatic imine (C=N–C) groups is 1. The Bertz CT molecular complexity index is 432. The molecule has 7 nitrogen and oxygen atoms in total. The highest BCUT2D eigenvalue weighted by molar-refractivity contribution is 14.0. The molecule has 0 radical (unpaired) electrons. The summed E-state index contributed by atoms with van der Waals surface area (Å²) >= 11 is 0. The maximum atomic E-state index is 11.8. The van der Waals surface area contributed by atoms with Crippen molar-refractivity contribution in [1.82, 2.24) is 20.4 Å². The van der Waals surface area contributed by atoms with E-state index in [0.717, 1.165) is 39.3 Å². The largest absolute Gasteiger partial charge is 0.382 e. The van der Waals surface area contributed by atoms with Crippen molar-refractivity contribution >= 4 is 35.8 Å². The molecule has 1 rings (SSSR count). The summed E-state index contributed by atoms with van der Waals surface area (Å²) in [6.45, 7) is 13.2. The van der Waals surface area contributed by atoms with Crippen LogP contribution in [0.3, 0.4) is 0 Å². The maximum Gasteiger partial charge on any atom is 0.243 e. The Balaban J connectivity index is 0.00000625. The number of hydrogen-bond donors (Lipinski definition) is 2. The molecule has 154 valence electrons. The van der Waals surface area contributed by atoms with Crippen LogP contribution in [0, 0.1) is 5.92 Å². The molecular weight excluding hydrogens is 445 g/mol. The summed E-state index contributed by atoms with van der Waals surface area (Å²) in [6.07, 6.45) is 0.911. The highest BCUT2D eigenvalue weighted by atomic mass is 127. The molecule has 1 aliphatic heterocycles. The molecule has 0 aromatic rings. The second-order valence-electron chi connectivity index (χ2n) is 7.21. The first-order valence-electron chi connectivity index (χ1n) is 9.41. The van der Waals surface area contributed by atoms with Crippen molar-refractivity contribution in [2.75, 3.05) is 53.5 Å². The van der Waals surface area contributed by atoms with Crippen LogP contribution in [0.1, 0.15) is 34.1 Å². The smallest absolute Gasteiger partial charge is 0.243 e. The zero-order chi connectivity index (χ0) is 18.8. The zero-order valence-corrected chi connectivity index (χ0v) is 19.6. The van der Waals surface area contributed by atoms with Crippen LogP contribution in [0.25, 0.3) is 0 Å². The average molecular weight is 483 g/mol. The Morgan fingerprint density at radius 1 is 1.35 bits per heavy atom. The van der Waals surface area contributed by atoms with E-state index < -0.39 is 0 Å². The zero-order valence-electron chi connectivity index (χ0n) is 17.2. The van der Waals surface area contributed by atoms with Crippen molar-refractivity contribution in [3.05, 3.63) is 0 Å². The van der Waals surface area contributed by atoms with Crippen LogP contribution in [0.15, 0.2) is 4.99 Å². The SMILES string of the molecule is CCOCCCNC(=NCC(=O)N(C)C)NC1CN(C(C)C)CC1C.I. The predicted octanol–water partition coefficient (Wildman–Crippen LogP) is 1.38. The van der Waals surface area contributed by atoms with Crippen LogP contribution >= 0.6 is 24.0 Å². The van der Waals surface area contributed by atoms with Crippen molar-refractivity contribution in [1.29, 1.82) is 0 Å². The lowest BCUT2D eigenvalue weighted by atomic mass is 10.1. The molecule has 0 saturated carbocycles. The van der Waals surface area contributed by atoms with Crippen LogP contribution < -0.4 is 10.6 Å². The first-order valence-corrected chi connectivity index (χ1v) is 9.41. The molecule has 0 spiro atoms. The molecule has 1 saturated heterocycles. The monoisotopic (exact) mass is 483 g/mol. The number of nitrogens with zero attached hydrogens (tertiary/aromatic N) is 3. The lowest BCUT2D eigenvalue weighted by Crippen LogP contribution is -2.47. The van der Waals surface area contributed by atoms with Gasteiger partial charge in [0.2, 0.25) is 5.91 Å². The summed E-state index contributed by atoms with van der Waals surface area (Å²) < 4.78 is 5.37. The minimum atomic E-state index is -0.00121. The van der Waals surface area contributed by atoms with Gasteiger partial charge in [-0.2, -0.15) is 0 Å². The number of guanidine groups is 1. The van der Waals surface area contributed by atoms with Gasteiger partial charge in [0.25, 0.3) is 0 Å². The van der Waals surface area contributed by atoms with Gasteiger partial charge in [0.1, 0.15) is 6.54 Å². The normalized spacial score (nSPS) is 20.8. The number of halogens is 1. The third-order valence-corrected chi connectivity index (χ3v) is 4.53. The third kappa shape index (κ3) is 9.36. The molecule has 2 atom stereocenters. The first kappa shape index (κ1) is 25.4. The summed E-state index contributed by atoms with van der Waals surface area (Å²) in [7, 11) is 3.50. The fourth-order valence-electron chi connectivity index (χ4n) is 2.76. The lowest BCUT2D eigenvalue weighted by Gasteiger charge is -2.22. The van der Waals surface area contributed by atoms with E-state index in [1.807, 2.05) is 6.92 Å². The molecule has 1 fully saturated rings. The molecule has 2 N–H and O–H groups in total. The van der Waals surface area contributed by atoms with Gasteiger partial charge < -0.3 is 20.3 Å².